The molecule has 0 aliphatic carbocycles. The van der Waals surface area contributed by atoms with Crippen molar-refractivity contribution in [3.05, 3.63) is 72.7 Å². The fraction of sp³-hybridized carbons (Fsp3) is 0.241. The Labute approximate surface area is 181 Å². The zero-order valence-corrected chi connectivity index (χ0v) is 17.9. The SMILES string of the molecule is CCCCCCCc1cc2cc3ccc4c5cc6occc6cc5ccc4c3cc2o1. The van der Waals surface area contributed by atoms with Gasteiger partial charge in [-0.1, -0.05) is 56.9 Å². The van der Waals surface area contributed by atoms with Gasteiger partial charge in [0.2, 0.25) is 0 Å². The Morgan fingerprint density at radius 2 is 1.29 bits per heavy atom. The molecule has 2 aromatic heterocycles. The Morgan fingerprint density at radius 3 is 2.06 bits per heavy atom. The van der Waals surface area contributed by atoms with E-state index in [0.29, 0.717) is 0 Å². The third kappa shape index (κ3) is 3.18. The highest BCUT2D eigenvalue weighted by Crippen LogP contribution is 2.36. The number of unbranched alkanes of at least 4 members (excludes halogenated alkanes) is 4. The number of fused-ring (bicyclic) bond motifs is 7. The van der Waals surface area contributed by atoms with Crippen LogP contribution in [0.4, 0.5) is 0 Å². The molecule has 0 spiro atoms. The van der Waals surface area contributed by atoms with Crippen LogP contribution in [0.25, 0.3) is 54.3 Å². The van der Waals surface area contributed by atoms with Crippen LogP contribution in [0.1, 0.15) is 44.8 Å². The van der Waals surface area contributed by atoms with Crippen LogP contribution >= 0.6 is 0 Å². The van der Waals surface area contributed by atoms with Crippen molar-refractivity contribution in [2.75, 3.05) is 0 Å². The average molecular weight is 407 g/mol. The molecular weight excluding hydrogens is 380 g/mol. The second kappa shape index (κ2) is 7.46. The summed E-state index contributed by atoms with van der Waals surface area (Å²) in [4.78, 5) is 0. The van der Waals surface area contributed by atoms with Gasteiger partial charge in [-0.2, -0.15) is 0 Å². The van der Waals surface area contributed by atoms with Crippen LogP contribution < -0.4 is 0 Å². The van der Waals surface area contributed by atoms with E-state index in [1.807, 2.05) is 6.07 Å². The summed E-state index contributed by atoms with van der Waals surface area (Å²) in [5, 5.41) is 9.84. The van der Waals surface area contributed by atoms with Crippen LogP contribution in [0.3, 0.4) is 0 Å². The average Bonchev–Trinajstić information content (AvgIpc) is 3.41. The van der Waals surface area contributed by atoms with E-state index in [1.54, 1.807) is 6.26 Å². The van der Waals surface area contributed by atoms with E-state index in [-0.39, 0.29) is 0 Å². The van der Waals surface area contributed by atoms with Gasteiger partial charge in [0, 0.05) is 17.2 Å². The molecule has 31 heavy (non-hydrogen) atoms. The highest BCUT2D eigenvalue weighted by molar-refractivity contribution is 6.20. The molecule has 0 amide bonds. The second-order valence-corrected chi connectivity index (χ2v) is 8.75. The summed E-state index contributed by atoms with van der Waals surface area (Å²) in [6.07, 6.45) is 9.22. The van der Waals surface area contributed by atoms with E-state index in [4.69, 9.17) is 8.83 Å². The maximum absolute atomic E-state index is 6.25. The van der Waals surface area contributed by atoms with Crippen molar-refractivity contribution < 1.29 is 8.83 Å². The standard InChI is InChI=1S/C29H26O2/c1-2-3-4-5-6-7-23-16-22-15-20-9-11-24-25(27(20)18-29(22)31-23)10-8-19-14-21-12-13-30-28(21)17-26(19)24/h8-18H,2-7H2,1H3. The first kappa shape index (κ1) is 18.5. The molecule has 2 heteroatoms. The van der Waals surface area contributed by atoms with Crippen molar-refractivity contribution >= 4 is 54.3 Å². The molecule has 0 saturated carbocycles. The molecule has 0 atom stereocenters. The molecule has 6 rings (SSSR count). The summed E-state index contributed by atoms with van der Waals surface area (Å²) >= 11 is 0. The van der Waals surface area contributed by atoms with Crippen molar-refractivity contribution in [3.8, 4) is 0 Å². The summed E-state index contributed by atoms with van der Waals surface area (Å²) in [6.45, 7) is 2.26. The third-order valence-electron chi connectivity index (χ3n) is 6.62. The Morgan fingerprint density at radius 1 is 0.581 bits per heavy atom. The molecule has 0 unspecified atom stereocenters. The Bertz CT molecular complexity index is 1550. The van der Waals surface area contributed by atoms with Crippen molar-refractivity contribution in [2.24, 2.45) is 0 Å². The van der Waals surface area contributed by atoms with Gasteiger partial charge in [-0.15, -0.1) is 0 Å². The van der Waals surface area contributed by atoms with Crippen molar-refractivity contribution in [3.63, 3.8) is 0 Å². The summed E-state index contributed by atoms with van der Waals surface area (Å²) in [5.41, 5.74) is 1.93. The second-order valence-electron chi connectivity index (χ2n) is 8.75. The van der Waals surface area contributed by atoms with Gasteiger partial charge < -0.3 is 8.83 Å². The first-order chi connectivity index (χ1) is 15.3. The van der Waals surface area contributed by atoms with Gasteiger partial charge in [-0.25, -0.2) is 0 Å². The minimum absolute atomic E-state index is 0.935. The van der Waals surface area contributed by atoms with Crippen LogP contribution in [-0.4, -0.2) is 0 Å². The van der Waals surface area contributed by atoms with Crippen molar-refractivity contribution in [2.45, 2.75) is 45.4 Å². The lowest BCUT2D eigenvalue weighted by atomic mass is 9.96. The van der Waals surface area contributed by atoms with Gasteiger partial charge >= 0.3 is 0 Å². The van der Waals surface area contributed by atoms with Gasteiger partial charge in [0.05, 0.1) is 6.26 Å². The molecule has 0 aliphatic rings. The predicted molar refractivity (Wildman–Crippen MR) is 131 cm³/mol. The first-order valence-electron chi connectivity index (χ1n) is 11.5. The fourth-order valence-corrected chi connectivity index (χ4v) is 4.95. The fourth-order valence-electron chi connectivity index (χ4n) is 4.95. The van der Waals surface area contributed by atoms with E-state index in [9.17, 15) is 0 Å². The maximum atomic E-state index is 6.25. The summed E-state index contributed by atoms with van der Waals surface area (Å²) in [6, 6.07) is 22.1. The van der Waals surface area contributed by atoms with Crippen LogP contribution in [0.5, 0.6) is 0 Å². The largest absolute Gasteiger partial charge is 0.464 e. The highest BCUT2D eigenvalue weighted by atomic mass is 16.3. The van der Waals surface area contributed by atoms with Crippen LogP contribution in [0.2, 0.25) is 0 Å². The van der Waals surface area contributed by atoms with Gasteiger partial charge in [-0.3, -0.25) is 0 Å². The third-order valence-corrected chi connectivity index (χ3v) is 6.62. The Balaban J connectivity index is 1.45. The molecule has 0 bridgehead atoms. The molecule has 6 aromatic rings. The van der Waals surface area contributed by atoms with Crippen LogP contribution in [0.15, 0.2) is 75.8 Å². The Hall–Kier alpha value is -3.26. The lowest BCUT2D eigenvalue weighted by Gasteiger charge is -2.08. The van der Waals surface area contributed by atoms with Gasteiger partial charge in [0.1, 0.15) is 16.9 Å². The van der Waals surface area contributed by atoms with E-state index < -0.39 is 0 Å². The molecule has 2 heterocycles. The molecule has 0 aliphatic heterocycles. The maximum Gasteiger partial charge on any atom is 0.134 e. The lowest BCUT2D eigenvalue weighted by Crippen LogP contribution is -1.82. The monoisotopic (exact) mass is 406 g/mol. The van der Waals surface area contributed by atoms with Crippen molar-refractivity contribution in [1.82, 2.24) is 0 Å². The zero-order chi connectivity index (χ0) is 20.8. The van der Waals surface area contributed by atoms with E-state index in [0.717, 1.165) is 28.7 Å². The minimum atomic E-state index is 0.935. The summed E-state index contributed by atoms with van der Waals surface area (Å²) < 4.78 is 11.9. The number of hydrogen-bond donors (Lipinski definition) is 0. The topological polar surface area (TPSA) is 26.3 Å². The zero-order valence-electron chi connectivity index (χ0n) is 17.9. The molecule has 2 nitrogen and oxygen atoms in total. The van der Waals surface area contributed by atoms with Crippen LogP contribution in [-0.2, 0) is 6.42 Å². The molecule has 0 radical (unpaired) electrons. The molecule has 154 valence electrons. The quantitative estimate of drug-likeness (QED) is 0.203. The summed E-state index contributed by atoms with van der Waals surface area (Å²) in [5.74, 6) is 1.11. The van der Waals surface area contributed by atoms with Gasteiger partial charge in [0.15, 0.2) is 0 Å². The van der Waals surface area contributed by atoms with Gasteiger partial charge in [-0.05, 0) is 75.1 Å². The molecule has 0 N–H and O–H groups in total. The molecular formula is C29H26O2. The highest BCUT2D eigenvalue weighted by Gasteiger charge is 2.10. The first-order valence-corrected chi connectivity index (χ1v) is 11.5. The summed E-state index contributed by atoms with van der Waals surface area (Å²) in [7, 11) is 0. The minimum Gasteiger partial charge on any atom is -0.464 e. The lowest BCUT2D eigenvalue weighted by molar-refractivity contribution is 0.524. The molecule has 0 fully saturated rings. The smallest absolute Gasteiger partial charge is 0.134 e. The van der Waals surface area contributed by atoms with E-state index >= 15 is 0 Å². The van der Waals surface area contributed by atoms with E-state index in [2.05, 4.69) is 61.5 Å². The predicted octanol–water partition coefficient (Wildman–Crippen LogP) is 9.15. The molecule has 0 saturated heterocycles. The van der Waals surface area contributed by atoms with Crippen LogP contribution in [0, 0.1) is 0 Å². The Kier molecular flexibility index (Phi) is 4.45. The number of furan rings is 2. The van der Waals surface area contributed by atoms with E-state index in [1.165, 1.54) is 69.8 Å². The van der Waals surface area contributed by atoms with Crippen molar-refractivity contribution in [1.29, 1.82) is 0 Å². The number of hydrogen-bond acceptors (Lipinski definition) is 2. The number of rotatable bonds is 6. The number of aryl methyl sites for hydroxylation is 1. The van der Waals surface area contributed by atoms with Gasteiger partial charge in [0.25, 0.3) is 0 Å². The number of benzene rings is 4. The normalized spacial score (nSPS) is 12.2. The molecule has 4 aromatic carbocycles.